The Kier molecular flexibility index (Phi) is 5.89. The zero-order chi connectivity index (χ0) is 16.8. The van der Waals surface area contributed by atoms with Crippen molar-refractivity contribution < 1.29 is 0 Å². The summed E-state index contributed by atoms with van der Waals surface area (Å²) < 4.78 is 0. The molecule has 0 saturated carbocycles. The Hall–Kier alpha value is -1.84. The molecule has 0 saturated heterocycles. The zero-order valence-electron chi connectivity index (χ0n) is 13.8. The zero-order valence-corrected chi connectivity index (χ0v) is 15.3. The molecule has 0 aliphatic heterocycles. The predicted octanol–water partition coefficient (Wildman–Crippen LogP) is 6.94. The number of halogens is 1. The van der Waals surface area contributed by atoms with Crippen LogP contribution in [0.4, 0.5) is 10.8 Å². The van der Waals surface area contributed by atoms with Crippen LogP contribution in [-0.4, -0.2) is 4.98 Å². The lowest BCUT2D eigenvalue weighted by molar-refractivity contribution is 0.717. The molecule has 2 aromatic carbocycles. The van der Waals surface area contributed by atoms with Crippen LogP contribution >= 0.6 is 22.9 Å². The maximum atomic E-state index is 6.24. The van der Waals surface area contributed by atoms with E-state index in [2.05, 4.69) is 41.5 Å². The van der Waals surface area contributed by atoms with E-state index in [4.69, 9.17) is 11.6 Å². The van der Waals surface area contributed by atoms with Crippen molar-refractivity contribution in [3.8, 4) is 11.3 Å². The van der Waals surface area contributed by atoms with Crippen molar-refractivity contribution in [1.29, 1.82) is 0 Å². The van der Waals surface area contributed by atoms with Crippen molar-refractivity contribution in [2.45, 2.75) is 32.6 Å². The maximum absolute atomic E-state index is 6.24. The van der Waals surface area contributed by atoms with Crippen LogP contribution in [0, 0.1) is 0 Å². The summed E-state index contributed by atoms with van der Waals surface area (Å²) in [6.45, 7) is 2.23. The highest BCUT2D eigenvalue weighted by Crippen LogP contribution is 2.31. The Balaban J connectivity index is 1.65. The Morgan fingerprint density at radius 2 is 1.83 bits per heavy atom. The van der Waals surface area contributed by atoms with Gasteiger partial charge in [0, 0.05) is 21.7 Å². The van der Waals surface area contributed by atoms with Crippen LogP contribution in [0.3, 0.4) is 0 Å². The highest BCUT2D eigenvalue weighted by molar-refractivity contribution is 7.14. The van der Waals surface area contributed by atoms with Crippen LogP contribution in [0.1, 0.15) is 31.7 Å². The summed E-state index contributed by atoms with van der Waals surface area (Å²) >= 11 is 7.83. The SMILES string of the molecule is CCCCCc1ccc(Nc2nc(-c3ccccc3Cl)cs2)cc1. The van der Waals surface area contributed by atoms with Crippen LogP contribution in [0.15, 0.2) is 53.9 Å². The van der Waals surface area contributed by atoms with Gasteiger partial charge in [0.05, 0.1) is 5.69 Å². The second kappa shape index (κ2) is 8.32. The number of unbranched alkanes of at least 4 members (excludes halogenated alkanes) is 2. The van der Waals surface area contributed by atoms with Gasteiger partial charge in [0.1, 0.15) is 0 Å². The third kappa shape index (κ3) is 4.37. The molecule has 1 aromatic heterocycles. The van der Waals surface area contributed by atoms with Gasteiger partial charge in [-0.05, 0) is 36.6 Å². The van der Waals surface area contributed by atoms with E-state index in [9.17, 15) is 0 Å². The molecular weight excluding hydrogens is 336 g/mol. The Bertz CT molecular complexity index is 780. The second-order valence-corrected chi connectivity index (χ2v) is 7.06. The molecule has 0 unspecified atom stereocenters. The van der Waals surface area contributed by atoms with Crippen LogP contribution < -0.4 is 5.32 Å². The van der Waals surface area contributed by atoms with Gasteiger partial charge in [-0.2, -0.15) is 0 Å². The highest BCUT2D eigenvalue weighted by atomic mass is 35.5. The lowest BCUT2D eigenvalue weighted by Crippen LogP contribution is -1.91. The summed E-state index contributed by atoms with van der Waals surface area (Å²) in [6.07, 6.45) is 4.97. The minimum absolute atomic E-state index is 0.728. The van der Waals surface area contributed by atoms with E-state index in [1.165, 1.54) is 24.8 Å². The predicted molar refractivity (Wildman–Crippen MR) is 106 cm³/mol. The van der Waals surface area contributed by atoms with Gasteiger partial charge in [-0.1, -0.05) is 61.7 Å². The van der Waals surface area contributed by atoms with Gasteiger partial charge in [-0.25, -0.2) is 4.98 Å². The molecule has 0 aliphatic carbocycles. The average Bonchev–Trinajstić information content (AvgIpc) is 3.05. The van der Waals surface area contributed by atoms with Gasteiger partial charge in [-0.15, -0.1) is 11.3 Å². The van der Waals surface area contributed by atoms with Crippen molar-refractivity contribution >= 4 is 33.8 Å². The Morgan fingerprint density at radius 3 is 2.58 bits per heavy atom. The molecule has 2 nitrogen and oxygen atoms in total. The van der Waals surface area contributed by atoms with Crippen molar-refractivity contribution in [3.05, 3.63) is 64.5 Å². The van der Waals surface area contributed by atoms with E-state index in [1.54, 1.807) is 11.3 Å². The lowest BCUT2D eigenvalue weighted by Gasteiger charge is -2.05. The third-order valence-corrected chi connectivity index (χ3v) is 5.02. The number of hydrogen-bond donors (Lipinski definition) is 1. The van der Waals surface area contributed by atoms with E-state index in [-0.39, 0.29) is 0 Å². The number of nitrogens with zero attached hydrogens (tertiary/aromatic N) is 1. The third-order valence-electron chi connectivity index (χ3n) is 3.93. The van der Waals surface area contributed by atoms with Gasteiger partial charge in [0.2, 0.25) is 0 Å². The monoisotopic (exact) mass is 356 g/mol. The number of aromatic nitrogens is 1. The lowest BCUT2D eigenvalue weighted by atomic mass is 10.1. The molecule has 0 spiro atoms. The molecule has 3 rings (SSSR count). The van der Waals surface area contributed by atoms with E-state index < -0.39 is 0 Å². The van der Waals surface area contributed by atoms with Crippen molar-refractivity contribution in [2.24, 2.45) is 0 Å². The molecule has 0 atom stereocenters. The number of hydrogen-bond acceptors (Lipinski definition) is 3. The first-order valence-corrected chi connectivity index (χ1v) is 9.58. The van der Waals surface area contributed by atoms with Gasteiger partial charge < -0.3 is 5.32 Å². The fourth-order valence-electron chi connectivity index (χ4n) is 2.58. The molecule has 0 radical (unpaired) electrons. The number of benzene rings is 2. The van der Waals surface area contributed by atoms with Crippen LogP contribution in [0.2, 0.25) is 5.02 Å². The van der Waals surface area contributed by atoms with Crippen molar-refractivity contribution in [1.82, 2.24) is 4.98 Å². The van der Waals surface area contributed by atoms with Gasteiger partial charge in [0.25, 0.3) is 0 Å². The molecule has 0 bridgehead atoms. The highest BCUT2D eigenvalue weighted by Gasteiger charge is 2.08. The summed E-state index contributed by atoms with van der Waals surface area (Å²) in [6, 6.07) is 16.4. The first-order chi connectivity index (χ1) is 11.8. The van der Waals surface area contributed by atoms with E-state index in [0.717, 1.165) is 33.5 Å². The van der Waals surface area contributed by atoms with Crippen LogP contribution in [0.25, 0.3) is 11.3 Å². The number of anilines is 2. The Morgan fingerprint density at radius 1 is 1.04 bits per heavy atom. The van der Waals surface area contributed by atoms with Gasteiger partial charge >= 0.3 is 0 Å². The topological polar surface area (TPSA) is 24.9 Å². The van der Waals surface area contributed by atoms with Crippen molar-refractivity contribution in [2.75, 3.05) is 5.32 Å². The summed E-state index contributed by atoms with van der Waals surface area (Å²) in [7, 11) is 0. The van der Waals surface area contributed by atoms with E-state index in [1.807, 2.05) is 29.6 Å². The van der Waals surface area contributed by atoms with Gasteiger partial charge in [-0.3, -0.25) is 0 Å². The van der Waals surface area contributed by atoms with Crippen LogP contribution in [0.5, 0.6) is 0 Å². The minimum Gasteiger partial charge on any atom is -0.332 e. The minimum atomic E-state index is 0.728. The fraction of sp³-hybridized carbons (Fsp3) is 0.250. The molecule has 24 heavy (non-hydrogen) atoms. The molecule has 3 aromatic rings. The normalized spacial score (nSPS) is 10.8. The second-order valence-electron chi connectivity index (χ2n) is 5.80. The maximum Gasteiger partial charge on any atom is 0.187 e. The Labute approximate surface area is 152 Å². The molecule has 1 N–H and O–H groups in total. The first-order valence-electron chi connectivity index (χ1n) is 8.32. The summed E-state index contributed by atoms with van der Waals surface area (Å²) in [4.78, 5) is 4.64. The molecule has 1 heterocycles. The number of aryl methyl sites for hydroxylation is 1. The number of nitrogens with one attached hydrogen (secondary N) is 1. The van der Waals surface area contributed by atoms with E-state index in [0.29, 0.717) is 0 Å². The smallest absolute Gasteiger partial charge is 0.187 e. The average molecular weight is 357 g/mol. The summed E-state index contributed by atoms with van der Waals surface area (Å²) in [5.41, 5.74) is 4.33. The first kappa shape index (κ1) is 17.0. The molecular formula is C20H21ClN2S. The fourth-order valence-corrected chi connectivity index (χ4v) is 3.54. The summed E-state index contributed by atoms with van der Waals surface area (Å²) in [5, 5.41) is 7.01. The standard InChI is InChI=1S/C20H21ClN2S/c1-2-3-4-7-15-10-12-16(13-11-15)22-20-23-19(14-24-20)17-8-5-6-9-18(17)21/h5-6,8-14H,2-4,7H2,1H3,(H,22,23). The van der Waals surface area contributed by atoms with E-state index >= 15 is 0 Å². The molecule has 0 amide bonds. The molecule has 124 valence electrons. The quantitative estimate of drug-likeness (QED) is 0.464. The van der Waals surface area contributed by atoms with Crippen molar-refractivity contribution in [3.63, 3.8) is 0 Å². The largest absolute Gasteiger partial charge is 0.332 e. The summed E-state index contributed by atoms with van der Waals surface area (Å²) in [5.74, 6) is 0. The molecule has 0 aliphatic rings. The molecule has 4 heteroatoms. The number of rotatable bonds is 7. The van der Waals surface area contributed by atoms with Gasteiger partial charge in [0.15, 0.2) is 5.13 Å². The van der Waals surface area contributed by atoms with Crippen LogP contribution in [-0.2, 0) is 6.42 Å². The molecule has 0 fully saturated rings. The number of thiazole rings is 1.